The zero-order valence-corrected chi connectivity index (χ0v) is 24.4. The molecule has 11 nitrogen and oxygen atoms in total. The number of imidazole rings is 1. The summed E-state index contributed by atoms with van der Waals surface area (Å²) in [4.78, 5) is 24.0. The fourth-order valence-corrected chi connectivity index (χ4v) is 5.91. The van der Waals surface area contributed by atoms with Crippen LogP contribution in [0.5, 0.6) is 0 Å². The molecule has 0 spiro atoms. The molecular formula is C30H36FN9O2. The van der Waals surface area contributed by atoms with Gasteiger partial charge >= 0.3 is 6.09 Å². The van der Waals surface area contributed by atoms with Crippen molar-refractivity contribution in [1.29, 1.82) is 0 Å². The summed E-state index contributed by atoms with van der Waals surface area (Å²) in [5.74, 6) is 0.774. The molecule has 6 rings (SSSR count). The number of nitrogens with one attached hydrogen (secondary N) is 3. The molecule has 0 bridgehead atoms. The van der Waals surface area contributed by atoms with E-state index in [0.717, 1.165) is 34.9 Å². The molecule has 1 fully saturated rings. The Morgan fingerprint density at radius 3 is 2.64 bits per heavy atom. The number of hydrazone groups is 1. The van der Waals surface area contributed by atoms with E-state index in [4.69, 9.17) is 9.84 Å². The van der Waals surface area contributed by atoms with Crippen molar-refractivity contribution >= 4 is 17.5 Å². The first-order valence-electron chi connectivity index (χ1n) is 13.9. The molecule has 1 saturated heterocycles. The molecule has 12 heteroatoms. The number of piperidine rings is 1. The number of hydrogen-bond donors (Lipinski definition) is 3. The van der Waals surface area contributed by atoms with Gasteiger partial charge in [0, 0.05) is 55.0 Å². The lowest BCUT2D eigenvalue weighted by Crippen LogP contribution is -2.64. The number of amides is 1. The van der Waals surface area contributed by atoms with Crippen LogP contribution in [-0.2, 0) is 17.3 Å². The second kappa shape index (κ2) is 12.1. The minimum atomic E-state index is -0.775. The third kappa shape index (κ3) is 5.49. The molecule has 3 aromatic heterocycles. The first kappa shape index (κ1) is 28.9. The number of benzene rings is 1. The van der Waals surface area contributed by atoms with Gasteiger partial charge in [-0.2, -0.15) is 15.2 Å². The fourth-order valence-electron chi connectivity index (χ4n) is 5.91. The van der Waals surface area contributed by atoms with Gasteiger partial charge in [0.15, 0.2) is 0 Å². The number of hydrogen-bond acceptors (Lipinski definition) is 8. The number of fused-ring (bicyclic) bond motifs is 3. The number of carbonyl (C=O) groups excluding carboxylic acids is 1. The summed E-state index contributed by atoms with van der Waals surface area (Å²) in [5.41, 5.74) is 4.32. The van der Waals surface area contributed by atoms with E-state index in [1.165, 1.54) is 36.1 Å². The maximum atomic E-state index is 12.4. The summed E-state index contributed by atoms with van der Waals surface area (Å²) in [7, 11) is 3.27. The first-order valence-corrected chi connectivity index (χ1v) is 13.9. The van der Waals surface area contributed by atoms with Crippen LogP contribution in [0.25, 0.3) is 0 Å². The molecule has 5 heterocycles. The van der Waals surface area contributed by atoms with Gasteiger partial charge in [-0.25, -0.2) is 14.2 Å². The van der Waals surface area contributed by atoms with Crippen molar-refractivity contribution in [3.8, 4) is 0 Å². The summed E-state index contributed by atoms with van der Waals surface area (Å²) in [6.07, 6.45) is 8.79. The highest BCUT2D eigenvalue weighted by atomic mass is 19.1. The quantitative estimate of drug-likeness (QED) is 0.235. The van der Waals surface area contributed by atoms with Crippen molar-refractivity contribution in [2.24, 2.45) is 12.1 Å². The SMILES string of the molecule is CCN(/N=C(\C)C1(c2cnn(C)c2)N[C@@H](c2ncc(C)[nH]2)CC2c3ccccc3NC21)C(=O)OC.Fc1cccnc1. The monoisotopic (exact) mass is 573 g/mol. The molecule has 3 unspecified atom stereocenters. The van der Waals surface area contributed by atoms with E-state index in [9.17, 15) is 9.18 Å². The lowest BCUT2D eigenvalue weighted by atomic mass is 9.69. The largest absolute Gasteiger partial charge is 0.451 e. The molecule has 42 heavy (non-hydrogen) atoms. The van der Waals surface area contributed by atoms with Gasteiger partial charge in [-0.15, -0.1) is 0 Å². The van der Waals surface area contributed by atoms with Crippen molar-refractivity contribution in [1.82, 2.24) is 35.1 Å². The molecule has 220 valence electrons. The van der Waals surface area contributed by atoms with Gasteiger partial charge in [0.1, 0.15) is 17.2 Å². The van der Waals surface area contributed by atoms with Crippen LogP contribution in [0, 0.1) is 12.7 Å². The average Bonchev–Trinajstić information content (AvgIpc) is 3.74. The van der Waals surface area contributed by atoms with Crippen LogP contribution in [-0.4, -0.2) is 61.2 Å². The van der Waals surface area contributed by atoms with E-state index in [1.54, 1.807) is 10.7 Å². The predicted molar refractivity (Wildman–Crippen MR) is 157 cm³/mol. The van der Waals surface area contributed by atoms with Crippen LogP contribution in [0.4, 0.5) is 14.9 Å². The van der Waals surface area contributed by atoms with Crippen molar-refractivity contribution in [3.63, 3.8) is 0 Å². The Hall–Kier alpha value is -4.58. The Morgan fingerprint density at radius 2 is 2.05 bits per heavy atom. The van der Waals surface area contributed by atoms with Crippen LogP contribution in [0.2, 0.25) is 0 Å². The van der Waals surface area contributed by atoms with Crippen molar-refractivity contribution < 1.29 is 13.9 Å². The minimum Gasteiger partial charge on any atom is -0.451 e. The number of aryl methyl sites for hydroxylation is 2. The highest BCUT2D eigenvalue weighted by Crippen LogP contribution is 2.51. The highest BCUT2D eigenvalue weighted by Gasteiger charge is 2.56. The number of pyridine rings is 1. The number of halogens is 1. The number of aromatic amines is 1. The number of rotatable bonds is 5. The molecule has 4 aromatic rings. The maximum Gasteiger partial charge on any atom is 0.430 e. The topological polar surface area (TPSA) is 125 Å². The number of nitrogens with zero attached hydrogens (tertiary/aromatic N) is 6. The molecule has 3 N–H and O–H groups in total. The van der Waals surface area contributed by atoms with Crippen LogP contribution in [0.3, 0.4) is 0 Å². The molecule has 2 aliphatic heterocycles. The molecule has 2 aliphatic rings. The standard InChI is InChI=1S/C25H32N8O2.C5H4FN/c1-6-33(24(34)35-5)31-16(3)25(17-13-27-32(4)14-17)22-19(18-9-7-8-10-20(18)29-22)11-21(30-25)23-26-12-15(2)28-23;6-5-2-1-3-7-4-5/h7-10,12-14,19,21-22,29-30H,6,11H2,1-5H3,(H,26,28);1-4H/b31-16+;/t19?,21-,22?,25?;/m1./s1. The third-order valence-corrected chi connectivity index (χ3v) is 7.80. The van der Waals surface area contributed by atoms with Gasteiger partial charge in [-0.1, -0.05) is 18.2 Å². The van der Waals surface area contributed by atoms with E-state index < -0.39 is 11.6 Å². The van der Waals surface area contributed by atoms with Gasteiger partial charge in [0.2, 0.25) is 0 Å². The summed E-state index contributed by atoms with van der Waals surface area (Å²) in [6, 6.07) is 11.2. The first-order chi connectivity index (χ1) is 20.3. The van der Waals surface area contributed by atoms with Gasteiger partial charge in [0.05, 0.1) is 37.3 Å². The predicted octanol–water partition coefficient (Wildman–Crippen LogP) is 4.64. The maximum absolute atomic E-state index is 12.4. The number of carbonyl (C=O) groups is 1. The fraction of sp³-hybridized carbons (Fsp3) is 0.367. The van der Waals surface area contributed by atoms with Crippen molar-refractivity contribution in [2.75, 3.05) is 19.0 Å². The molecule has 4 atom stereocenters. The number of H-pyrrole nitrogens is 1. The van der Waals surface area contributed by atoms with E-state index >= 15 is 0 Å². The van der Waals surface area contributed by atoms with Crippen LogP contribution in [0.1, 0.15) is 54.9 Å². The zero-order valence-electron chi connectivity index (χ0n) is 24.4. The lowest BCUT2D eigenvalue weighted by Gasteiger charge is -2.49. The van der Waals surface area contributed by atoms with Crippen LogP contribution < -0.4 is 10.6 Å². The summed E-state index contributed by atoms with van der Waals surface area (Å²) >= 11 is 0. The van der Waals surface area contributed by atoms with E-state index in [-0.39, 0.29) is 23.8 Å². The number of ether oxygens (including phenoxy) is 1. The number of methoxy groups -OCH3 is 1. The number of aromatic nitrogens is 5. The zero-order chi connectivity index (χ0) is 29.9. The van der Waals surface area contributed by atoms with Crippen molar-refractivity contribution in [2.45, 2.75) is 50.7 Å². The summed E-state index contributed by atoms with van der Waals surface area (Å²) in [6.45, 7) is 6.23. The highest BCUT2D eigenvalue weighted by molar-refractivity contribution is 5.95. The molecule has 0 saturated carbocycles. The van der Waals surface area contributed by atoms with Crippen LogP contribution in [0.15, 0.2) is 72.5 Å². The second-order valence-corrected chi connectivity index (χ2v) is 10.5. The summed E-state index contributed by atoms with van der Waals surface area (Å²) < 4.78 is 18.6. The Balaban J connectivity index is 0.000000442. The molecule has 0 aliphatic carbocycles. The van der Waals surface area contributed by atoms with Gasteiger partial charge in [-0.3, -0.25) is 15.0 Å². The number of para-hydroxylation sites is 1. The average molecular weight is 574 g/mol. The Kier molecular flexibility index (Phi) is 8.34. The van der Waals surface area contributed by atoms with Gasteiger partial charge in [0.25, 0.3) is 0 Å². The Labute approximate surface area is 244 Å². The van der Waals surface area contributed by atoms with E-state index in [1.807, 2.05) is 52.5 Å². The van der Waals surface area contributed by atoms with E-state index in [0.29, 0.717) is 6.54 Å². The molecule has 1 amide bonds. The molecular weight excluding hydrogens is 537 g/mol. The lowest BCUT2D eigenvalue weighted by molar-refractivity contribution is 0.126. The van der Waals surface area contributed by atoms with Gasteiger partial charge < -0.3 is 15.0 Å². The van der Waals surface area contributed by atoms with Crippen LogP contribution >= 0.6 is 0 Å². The normalized spacial score (nSPS) is 22.7. The summed E-state index contributed by atoms with van der Waals surface area (Å²) in [5, 5.41) is 18.3. The minimum absolute atomic E-state index is 0.0588. The van der Waals surface area contributed by atoms with Gasteiger partial charge in [-0.05, 0) is 51.0 Å². The Bertz CT molecular complexity index is 1550. The van der Waals surface area contributed by atoms with E-state index in [2.05, 4.69) is 48.9 Å². The second-order valence-electron chi connectivity index (χ2n) is 10.5. The smallest absolute Gasteiger partial charge is 0.430 e. The molecule has 1 aromatic carbocycles. The Morgan fingerprint density at radius 1 is 1.24 bits per heavy atom. The number of anilines is 1. The molecule has 0 radical (unpaired) electrons. The van der Waals surface area contributed by atoms with Crippen molar-refractivity contribution in [3.05, 3.63) is 95.8 Å². The third-order valence-electron chi connectivity index (χ3n) is 7.80.